The average Bonchev–Trinajstić information content (AvgIpc) is 3.15. The van der Waals surface area contributed by atoms with Crippen LogP contribution in [0.1, 0.15) is 128 Å². The highest BCUT2D eigenvalue weighted by molar-refractivity contribution is 6.48. The van der Waals surface area contributed by atoms with Gasteiger partial charge in [0.05, 0.1) is 23.4 Å². The summed E-state index contributed by atoms with van der Waals surface area (Å²) in [6.07, 6.45) is 9.23. The Labute approximate surface area is 266 Å². The van der Waals surface area contributed by atoms with Crippen LogP contribution in [0.2, 0.25) is 26.2 Å². The standard InChI is InChI=1S/C36H61NO4Si2/c1-32(2,3)30(39-42(9)10)35-19-20-36(41-35,31(33(4,5)6)40-43(11)12)23-26(22-35)25-13-14-27(29(37)38)28(21-25)24-15-17-34(7,8)18-16-24/h13-15,21,26,30-31,42-43H,16-20,22-23H2,1-12H3,(H2,37,38). The van der Waals surface area contributed by atoms with E-state index in [1.54, 1.807) is 0 Å². The summed E-state index contributed by atoms with van der Waals surface area (Å²) < 4.78 is 21.4. The van der Waals surface area contributed by atoms with Gasteiger partial charge in [-0.15, -0.1) is 0 Å². The molecule has 242 valence electrons. The molecule has 1 aliphatic carbocycles. The number of amides is 1. The van der Waals surface area contributed by atoms with Crippen LogP contribution < -0.4 is 5.73 Å². The molecule has 43 heavy (non-hydrogen) atoms. The predicted octanol–water partition coefficient (Wildman–Crippen LogP) is 8.37. The van der Waals surface area contributed by atoms with Crippen LogP contribution in [0, 0.1) is 16.2 Å². The molecular weight excluding hydrogens is 567 g/mol. The second-order valence-corrected chi connectivity index (χ2v) is 22.2. The topological polar surface area (TPSA) is 70.8 Å². The van der Waals surface area contributed by atoms with E-state index in [1.165, 1.54) is 11.1 Å². The van der Waals surface area contributed by atoms with Crippen LogP contribution in [0.5, 0.6) is 0 Å². The number of carbonyl (C=O) groups excluding carboxylic acids is 1. The average molecular weight is 628 g/mol. The molecule has 0 spiro atoms. The summed E-state index contributed by atoms with van der Waals surface area (Å²) in [6, 6.07) is 6.46. The summed E-state index contributed by atoms with van der Waals surface area (Å²) in [6.45, 7) is 27.6. The van der Waals surface area contributed by atoms with E-state index in [0.717, 1.165) is 50.5 Å². The summed E-state index contributed by atoms with van der Waals surface area (Å²) in [7, 11) is -2.71. The number of primary amides is 1. The van der Waals surface area contributed by atoms with E-state index >= 15 is 0 Å². The van der Waals surface area contributed by atoms with Gasteiger partial charge in [0.25, 0.3) is 0 Å². The fraction of sp³-hybridized carbons (Fsp3) is 0.750. The van der Waals surface area contributed by atoms with E-state index < -0.39 is 18.1 Å². The first-order chi connectivity index (χ1) is 19.7. The van der Waals surface area contributed by atoms with Crippen molar-refractivity contribution in [1.82, 2.24) is 0 Å². The fourth-order valence-corrected chi connectivity index (χ4v) is 10.7. The van der Waals surface area contributed by atoms with Gasteiger partial charge in [0.1, 0.15) is 0 Å². The van der Waals surface area contributed by atoms with Crippen molar-refractivity contribution in [2.45, 2.75) is 156 Å². The van der Waals surface area contributed by atoms with Crippen LogP contribution >= 0.6 is 0 Å². The van der Waals surface area contributed by atoms with E-state index in [9.17, 15) is 4.79 Å². The molecule has 2 saturated heterocycles. The molecule has 4 rings (SSSR count). The Morgan fingerprint density at radius 1 is 0.907 bits per heavy atom. The first-order valence-electron chi connectivity index (χ1n) is 16.8. The van der Waals surface area contributed by atoms with E-state index in [1.807, 2.05) is 6.07 Å². The van der Waals surface area contributed by atoms with Gasteiger partial charge in [-0.2, -0.15) is 0 Å². The van der Waals surface area contributed by atoms with Crippen molar-refractivity contribution in [1.29, 1.82) is 0 Å². The molecule has 0 saturated carbocycles. The third-order valence-corrected chi connectivity index (χ3v) is 11.6. The van der Waals surface area contributed by atoms with Crippen molar-refractivity contribution in [3.63, 3.8) is 0 Å². The van der Waals surface area contributed by atoms with Gasteiger partial charge in [0.2, 0.25) is 5.91 Å². The summed E-state index contributed by atoms with van der Waals surface area (Å²) in [5.74, 6) is -0.0828. The molecule has 2 fully saturated rings. The number of allylic oxidation sites excluding steroid dienone is 2. The van der Waals surface area contributed by atoms with Crippen LogP contribution in [-0.2, 0) is 13.6 Å². The Kier molecular flexibility index (Phi) is 9.79. The maximum Gasteiger partial charge on any atom is 0.249 e. The van der Waals surface area contributed by atoms with Crippen LogP contribution in [-0.4, -0.2) is 47.4 Å². The van der Waals surface area contributed by atoms with Crippen molar-refractivity contribution in [2.75, 3.05) is 0 Å². The highest BCUT2D eigenvalue weighted by atomic mass is 28.3. The molecular formula is C36H61NO4Si2. The van der Waals surface area contributed by atoms with Gasteiger partial charge < -0.3 is 19.3 Å². The number of benzene rings is 1. The number of rotatable bonds is 9. The number of hydrogen-bond acceptors (Lipinski definition) is 4. The van der Waals surface area contributed by atoms with Crippen LogP contribution in [0.15, 0.2) is 24.3 Å². The lowest BCUT2D eigenvalue weighted by molar-refractivity contribution is -0.240. The quantitative estimate of drug-likeness (QED) is 0.279. The number of carbonyl (C=O) groups is 1. The minimum atomic E-state index is -1.36. The zero-order chi connectivity index (χ0) is 32.2. The van der Waals surface area contributed by atoms with Gasteiger partial charge in [-0.1, -0.05) is 73.6 Å². The van der Waals surface area contributed by atoms with Crippen LogP contribution in [0.4, 0.5) is 0 Å². The van der Waals surface area contributed by atoms with Crippen LogP contribution in [0.25, 0.3) is 5.57 Å². The van der Waals surface area contributed by atoms with Gasteiger partial charge in [0, 0.05) is 5.56 Å². The third-order valence-electron chi connectivity index (χ3n) is 10.0. The second-order valence-electron chi connectivity index (χ2n) is 17.5. The molecule has 4 atom stereocenters. The smallest absolute Gasteiger partial charge is 0.249 e. The first-order valence-corrected chi connectivity index (χ1v) is 22.4. The molecule has 7 heteroatoms. The molecule has 0 radical (unpaired) electrons. The molecule has 3 aliphatic rings. The summed E-state index contributed by atoms with van der Waals surface area (Å²) in [5.41, 5.74) is 9.54. The molecule has 2 heterocycles. The van der Waals surface area contributed by atoms with Crippen molar-refractivity contribution in [2.24, 2.45) is 22.0 Å². The third kappa shape index (κ3) is 7.43. The monoisotopic (exact) mass is 627 g/mol. The Bertz CT molecular complexity index is 1170. The van der Waals surface area contributed by atoms with E-state index in [2.05, 4.69) is 99.8 Å². The molecule has 2 bridgehead atoms. The molecule has 2 aliphatic heterocycles. The lowest BCUT2D eigenvalue weighted by atomic mass is 9.69. The Hall–Kier alpha value is -1.26. The van der Waals surface area contributed by atoms with Crippen molar-refractivity contribution in [3.05, 3.63) is 41.0 Å². The van der Waals surface area contributed by atoms with Crippen molar-refractivity contribution >= 4 is 29.6 Å². The van der Waals surface area contributed by atoms with E-state index in [-0.39, 0.29) is 51.5 Å². The zero-order valence-electron chi connectivity index (χ0n) is 29.4. The van der Waals surface area contributed by atoms with Gasteiger partial charge in [-0.05, 0) is 116 Å². The highest BCUT2D eigenvalue weighted by Gasteiger charge is 2.64. The molecule has 2 N–H and O–H groups in total. The molecule has 0 aromatic heterocycles. The largest absolute Gasteiger partial charge is 0.414 e. The van der Waals surface area contributed by atoms with Crippen molar-refractivity contribution < 1.29 is 18.4 Å². The molecule has 5 nitrogen and oxygen atoms in total. The summed E-state index contributed by atoms with van der Waals surface area (Å²) in [5, 5.41) is 0. The minimum Gasteiger partial charge on any atom is -0.414 e. The fourth-order valence-electron chi connectivity index (χ4n) is 8.34. The minimum absolute atomic E-state index is 0.000836. The molecule has 1 aromatic carbocycles. The van der Waals surface area contributed by atoms with E-state index in [0.29, 0.717) is 5.56 Å². The molecule has 4 unspecified atom stereocenters. The Morgan fingerprint density at radius 2 is 1.42 bits per heavy atom. The molecule has 1 aromatic rings. The van der Waals surface area contributed by atoms with Crippen molar-refractivity contribution in [3.8, 4) is 0 Å². The van der Waals surface area contributed by atoms with Gasteiger partial charge in [-0.25, -0.2) is 0 Å². The second kappa shape index (κ2) is 12.2. The van der Waals surface area contributed by atoms with Gasteiger partial charge in [-0.3, -0.25) is 4.79 Å². The summed E-state index contributed by atoms with van der Waals surface area (Å²) in [4.78, 5) is 12.6. The number of hydrogen-bond donors (Lipinski definition) is 1. The van der Waals surface area contributed by atoms with Gasteiger partial charge >= 0.3 is 0 Å². The maximum absolute atomic E-state index is 12.6. The van der Waals surface area contributed by atoms with Crippen LogP contribution in [0.3, 0.4) is 0 Å². The number of ether oxygens (including phenoxy) is 1. The van der Waals surface area contributed by atoms with Gasteiger partial charge in [0.15, 0.2) is 18.1 Å². The van der Waals surface area contributed by atoms with E-state index in [4.69, 9.17) is 19.3 Å². The zero-order valence-corrected chi connectivity index (χ0v) is 31.7. The summed E-state index contributed by atoms with van der Waals surface area (Å²) >= 11 is 0. The first kappa shape index (κ1) is 34.6. The predicted molar refractivity (Wildman–Crippen MR) is 185 cm³/mol. The SMILES string of the molecule is C[SiH](C)OC(C(C)(C)C)C12CCC(C(O[SiH](C)C)C(C)(C)C)(CC(c3ccc(C(N)=O)c(C4=CCC(C)(C)CC4)c3)C1)O2. The molecule has 1 amide bonds. The Morgan fingerprint density at radius 3 is 1.81 bits per heavy atom. The number of fused-ring (bicyclic) bond motifs is 2. The lowest BCUT2D eigenvalue weighted by Crippen LogP contribution is -2.61. The lowest BCUT2D eigenvalue weighted by Gasteiger charge is -2.55. The maximum atomic E-state index is 12.6. The highest BCUT2D eigenvalue weighted by Crippen LogP contribution is 2.61. The normalized spacial score (nSPS) is 29.1. The Balaban J connectivity index is 1.86. The number of nitrogens with two attached hydrogens (primary N) is 1.